The van der Waals surface area contributed by atoms with Crippen LogP contribution in [0.2, 0.25) is 10.0 Å². The lowest BCUT2D eigenvalue weighted by Gasteiger charge is -2.34. The highest BCUT2D eigenvalue weighted by Crippen LogP contribution is 2.37. The summed E-state index contributed by atoms with van der Waals surface area (Å²) in [7, 11) is -3.74. The van der Waals surface area contributed by atoms with Crippen LogP contribution in [0.5, 0.6) is 5.75 Å². The second-order valence-corrected chi connectivity index (χ2v) is 7.68. The van der Waals surface area contributed by atoms with Gasteiger partial charge in [-0.3, -0.25) is 4.31 Å². The van der Waals surface area contributed by atoms with Gasteiger partial charge in [0.2, 0.25) is 0 Å². The van der Waals surface area contributed by atoms with E-state index in [4.69, 9.17) is 27.9 Å². The monoisotopic (exact) mass is 357 g/mol. The molecule has 116 valence electrons. The van der Waals surface area contributed by atoms with Gasteiger partial charge in [0, 0.05) is 0 Å². The highest BCUT2D eigenvalue weighted by molar-refractivity contribution is 7.92. The van der Waals surface area contributed by atoms with Crippen LogP contribution in [0.4, 0.5) is 5.69 Å². The molecule has 0 aromatic heterocycles. The number of hydrogen-bond acceptors (Lipinski definition) is 3. The number of ether oxygens (including phenoxy) is 1. The first-order chi connectivity index (χ1) is 10.4. The number of hydrogen-bond donors (Lipinski definition) is 0. The summed E-state index contributed by atoms with van der Waals surface area (Å²) in [6.07, 6.45) is -0.243. The standard InChI is InChI=1S/C15H13Cl2NO3S/c1-10-9-18(14-4-2-3-5-15(14)21-10)22(19,20)11-6-7-12(16)13(17)8-11/h2-8,10H,9H2,1H3. The van der Waals surface area contributed by atoms with E-state index in [9.17, 15) is 8.42 Å². The number of para-hydroxylation sites is 2. The summed E-state index contributed by atoms with van der Waals surface area (Å²) in [5.74, 6) is 0.546. The molecule has 2 aromatic rings. The first kappa shape index (κ1) is 15.5. The van der Waals surface area contributed by atoms with E-state index in [1.54, 1.807) is 24.3 Å². The van der Waals surface area contributed by atoms with Crippen molar-refractivity contribution in [3.63, 3.8) is 0 Å². The predicted molar refractivity (Wildman–Crippen MR) is 87.5 cm³/mol. The van der Waals surface area contributed by atoms with Gasteiger partial charge in [-0.25, -0.2) is 8.42 Å². The molecule has 4 nitrogen and oxygen atoms in total. The molecule has 0 fully saturated rings. The molecule has 2 aromatic carbocycles. The van der Waals surface area contributed by atoms with E-state index >= 15 is 0 Å². The van der Waals surface area contributed by atoms with E-state index in [0.29, 0.717) is 16.5 Å². The Kier molecular flexibility index (Phi) is 3.97. The summed E-state index contributed by atoms with van der Waals surface area (Å²) in [5.41, 5.74) is 0.520. The molecule has 7 heteroatoms. The van der Waals surface area contributed by atoms with Gasteiger partial charge in [-0.05, 0) is 37.3 Å². The number of fused-ring (bicyclic) bond motifs is 1. The van der Waals surface area contributed by atoms with Gasteiger partial charge in [0.15, 0.2) is 0 Å². The third-order valence-corrected chi connectivity index (χ3v) is 5.88. The van der Waals surface area contributed by atoms with Crippen molar-refractivity contribution >= 4 is 38.9 Å². The van der Waals surface area contributed by atoms with Gasteiger partial charge in [-0.15, -0.1) is 0 Å². The summed E-state index contributed by atoms with van der Waals surface area (Å²) in [5, 5.41) is 0.522. The lowest BCUT2D eigenvalue weighted by Crippen LogP contribution is -2.42. The molecular weight excluding hydrogens is 345 g/mol. The van der Waals surface area contributed by atoms with Crippen molar-refractivity contribution in [2.24, 2.45) is 0 Å². The van der Waals surface area contributed by atoms with Gasteiger partial charge in [0.1, 0.15) is 11.9 Å². The van der Waals surface area contributed by atoms with Crippen LogP contribution < -0.4 is 9.04 Å². The van der Waals surface area contributed by atoms with E-state index < -0.39 is 10.0 Å². The van der Waals surface area contributed by atoms with Crippen LogP contribution in [0, 0.1) is 0 Å². The third kappa shape index (κ3) is 2.64. The summed E-state index contributed by atoms with van der Waals surface area (Å²) in [4.78, 5) is 0.103. The minimum atomic E-state index is -3.74. The minimum Gasteiger partial charge on any atom is -0.487 e. The topological polar surface area (TPSA) is 46.6 Å². The molecular formula is C15H13Cl2NO3S. The molecule has 1 heterocycles. The van der Waals surface area contributed by atoms with Gasteiger partial charge < -0.3 is 4.74 Å². The normalized spacial score (nSPS) is 17.8. The molecule has 0 aliphatic carbocycles. The first-order valence-electron chi connectivity index (χ1n) is 6.63. The van der Waals surface area contributed by atoms with Crippen LogP contribution in [0.25, 0.3) is 0 Å². The quantitative estimate of drug-likeness (QED) is 0.816. The number of nitrogens with zero attached hydrogens (tertiary/aromatic N) is 1. The maximum Gasteiger partial charge on any atom is 0.264 e. The highest BCUT2D eigenvalue weighted by Gasteiger charge is 2.32. The molecule has 0 radical (unpaired) electrons. The average molecular weight is 358 g/mol. The maximum absolute atomic E-state index is 12.9. The average Bonchev–Trinajstić information content (AvgIpc) is 2.49. The molecule has 0 amide bonds. The number of halogens is 2. The second kappa shape index (κ2) is 5.65. The van der Waals surface area contributed by atoms with Gasteiger partial charge in [-0.2, -0.15) is 0 Å². The van der Waals surface area contributed by atoms with Crippen molar-refractivity contribution in [3.8, 4) is 5.75 Å². The lowest BCUT2D eigenvalue weighted by atomic mass is 10.2. The summed E-state index contributed by atoms with van der Waals surface area (Å²) < 4.78 is 32.9. The molecule has 1 unspecified atom stereocenters. The van der Waals surface area contributed by atoms with E-state index in [1.165, 1.54) is 22.5 Å². The Morgan fingerprint density at radius 3 is 2.59 bits per heavy atom. The predicted octanol–water partition coefficient (Wildman–Crippen LogP) is 3.97. The van der Waals surface area contributed by atoms with E-state index in [2.05, 4.69) is 0 Å². The number of benzene rings is 2. The zero-order valence-electron chi connectivity index (χ0n) is 11.7. The van der Waals surface area contributed by atoms with E-state index in [1.807, 2.05) is 6.92 Å². The Bertz CT molecular complexity index is 823. The third-order valence-electron chi connectivity index (χ3n) is 3.36. The van der Waals surface area contributed by atoms with E-state index in [-0.39, 0.29) is 22.6 Å². The fraction of sp³-hybridized carbons (Fsp3) is 0.200. The minimum absolute atomic E-state index is 0.103. The van der Waals surface area contributed by atoms with Gasteiger partial charge in [-0.1, -0.05) is 35.3 Å². The van der Waals surface area contributed by atoms with Crippen molar-refractivity contribution in [3.05, 3.63) is 52.5 Å². The fourth-order valence-electron chi connectivity index (χ4n) is 2.34. The summed E-state index contributed by atoms with van der Waals surface area (Å²) in [6, 6.07) is 11.3. The van der Waals surface area contributed by atoms with Crippen LogP contribution in [0.15, 0.2) is 47.4 Å². The van der Waals surface area contributed by atoms with Crippen LogP contribution >= 0.6 is 23.2 Å². The zero-order valence-corrected chi connectivity index (χ0v) is 14.0. The Hall–Kier alpha value is -1.43. The first-order valence-corrected chi connectivity index (χ1v) is 8.82. The molecule has 1 atom stereocenters. The molecule has 1 aliphatic heterocycles. The molecule has 0 saturated carbocycles. The van der Waals surface area contributed by atoms with Crippen molar-refractivity contribution in [2.45, 2.75) is 17.9 Å². The fourth-order valence-corrected chi connectivity index (χ4v) is 4.28. The van der Waals surface area contributed by atoms with Gasteiger partial charge in [0.25, 0.3) is 10.0 Å². The van der Waals surface area contributed by atoms with Crippen LogP contribution in [0.1, 0.15) is 6.92 Å². The van der Waals surface area contributed by atoms with Crippen molar-refractivity contribution in [1.29, 1.82) is 0 Å². The van der Waals surface area contributed by atoms with Gasteiger partial charge in [0.05, 0.1) is 27.2 Å². The number of rotatable bonds is 2. The van der Waals surface area contributed by atoms with Crippen molar-refractivity contribution in [1.82, 2.24) is 0 Å². The maximum atomic E-state index is 12.9. The van der Waals surface area contributed by atoms with E-state index in [0.717, 1.165) is 0 Å². The Labute approximate surface area is 139 Å². The lowest BCUT2D eigenvalue weighted by molar-refractivity contribution is 0.219. The summed E-state index contributed by atoms with van der Waals surface area (Å²) >= 11 is 11.8. The smallest absolute Gasteiger partial charge is 0.264 e. The van der Waals surface area contributed by atoms with Crippen molar-refractivity contribution in [2.75, 3.05) is 10.8 Å². The Morgan fingerprint density at radius 1 is 1.14 bits per heavy atom. The zero-order chi connectivity index (χ0) is 15.9. The SMILES string of the molecule is CC1CN(S(=O)(=O)c2ccc(Cl)c(Cl)c2)c2ccccc2O1. The Balaban J connectivity index is 2.11. The van der Waals surface area contributed by atoms with Crippen LogP contribution in [0.3, 0.4) is 0 Å². The molecule has 0 saturated heterocycles. The molecule has 0 N–H and O–H groups in total. The highest BCUT2D eigenvalue weighted by atomic mass is 35.5. The second-order valence-electron chi connectivity index (χ2n) is 5.01. The van der Waals surface area contributed by atoms with Crippen molar-refractivity contribution < 1.29 is 13.2 Å². The molecule has 0 bridgehead atoms. The molecule has 22 heavy (non-hydrogen) atoms. The Morgan fingerprint density at radius 2 is 1.86 bits per heavy atom. The summed E-state index contributed by atoms with van der Waals surface area (Å²) in [6.45, 7) is 2.06. The molecule has 3 rings (SSSR count). The number of anilines is 1. The molecule has 1 aliphatic rings. The van der Waals surface area contributed by atoms with Crippen LogP contribution in [-0.2, 0) is 10.0 Å². The van der Waals surface area contributed by atoms with Crippen LogP contribution in [-0.4, -0.2) is 21.1 Å². The number of sulfonamides is 1. The van der Waals surface area contributed by atoms with Gasteiger partial charge >= 0.3 is 0 Å². The largest absolute Gasteiger partial charge is 0.487 e. The molecule has 0 spiro atoms.